The SMILES string of the molecule is O=C(O)[C@H]1CCCN1C(=O)NCc1cc(F)ccc1F. The fourth-order valence-corrected chi connectivity index (χ4v) is 2.22. The van der Waals surface area contributed by atoms with Gasteiger partial charge in [-0.15, -0.1) is 0 Å². The molecule has 0 radical (unpaired) electrons. The summed E-state index contributed by atoms with van der Waals surface area (Å²) in [5, 5.41) is 11.4. The number of likely N-dealkylation sites (tertiary alicyclic amines) is 1. The summed E-state index contributed by atoms with van der Waals surface area (Å²) in [5.74, 6) is -2.28. The van der Waals surface area contributed by atoms with E-state index in [9.17, 15) is 18.4 Å². The number of nitrogens with one attached hydrogen (secondary N) is 1. The van der Waals surface area contributed by atoms with Crippen LogP contribution in [0.5, 0.6) is 0 Å². The highest BCUT2D eigenvalue weighted by Gasteiger charge is 2.33. The molecule has 2 amide bonds. The Morgan fingerprint density at radius 1 is 1.40 bits per heavy atom. The second kappa shape index (κ2) is 5.85. The number of aliphatic carboxylic acids is 1. The van der Waals surface area contributed by atoms with Gasteiger partial charge in [0.2, 0.25) is 0 Å². The highest BCUT2D eigenvalue weighted by molar-refractivity contribution is 5.83. The van der Waals surface area contributed by atoms with E-state index in [-0.39, 0.29) is 12.1 Å². The zero-order valence-corrected chi connectivity index (χ0v) is 10.6. The van der Waals surface area contributed by atoms with Gasteiger partial charge in [0.05, 0.1) is 0 Å². The van der Waals surface area contributed by atoms with Crippen LogP contribution in [0.15, 0.2) is 18.2 Å². The maximum atomic E-state index is 13.4. The van der Waals surface area contributed by atoms with E-state index in [0.29, 0.717) is 19.4 Å². The molecule has 0 aliphatic carbocycles. The molecule has 2 N–H and O–H groups in total. The molecule has 1 fully saturated rings. The summed E-state index contributed by atoms with van der Waals surface area (Å²) in [5.41, 5.74) is 0.0180. The van der Waals surface area contributed by atoms with Gasteiger partial charge in [0.15, 0.2) is 0 Å². The Labute approximate surface area is 114 Å². The van der Waals surface area contributed by atoms with Crippen LogP contribution in [0.25, 0.3) is 0 Å². The van der Waals surface area contributed by atoms with Gasteiger partial charge in [-0.25, -0.2) is 18.4 Å². The number of rotatable bonds is 3. The smallest absolute Gasteiger partial charge is 0.326 e. The van der Waals surface area contributed by atoms with E-state index >= 15 is 0 Å². The largest absolute Gasteiger partial charge is 0.480 e. The van der Waals surface area contributed by atoms with Crippen molar-refractivity contribution in [3.63, 3.8) is 0 Å². The molecule has 0 spiro atoms. The average Bonchev–Trinajstić information content (AvgIpc) is 2.89. The van der Waals surface area contributed by atoms with Gasteiger partial charge < -0.3 is 15.3 Å². The van der Waals surface area contributed by atoms with Crippen molar-refractivity contribution in [2.75, 3.05) is 6.54 Å². The van der Waals surface area contributed by atoms with Crippen LogP contribution >= 0.6 is 0 Å². The van der Waals surface area contributed by atoms with Gasteiger partial charge in [-0.3, -0.25) is 0 Å². The van der Waals surface area contributed by atoms with E-state index in [2.05, 4.69) is 5.32 Å². The summed E-state index contributed by atoms with van der Waals surface area (Å²) < 4.78 is 26.3. The molecule has 7 heteroatoms. The van der Waals surface area contributed by atoms with Crippen LogP contribution in [0.2, 0.25) is 0 Å². The van der Waals surface area contributed by atoms with Gasteiger partial charge in [-0.05, 0) is 31.0 Å². The number of halogens is 2. The Morgan fingerprint density at radius 3 is 2.85 bits per heavy atom. The Bertz CT molecular complexity index is 536. The highest BCUT2D eigenvalue weighted by atomic mass is 19.1. The number of carboxylic acids is 1. The number of hydrogen-bond donors (Lipinski definition) is 2. The summed E-state index contributed by atoms with van der Waals surface area (Å²) >= 11 is 0. The maximum absolute atomic E-state index is 13.4. The molecule has 0 aromatic heterocycles. The maximum Gasteiger partial charge on any atom is 0.326 e. The van der Waals surface area contributed by atoms with Crippen LogP contribution in [-0.2, 0) is 11.3 Å². The molecule has 1 saturated heterocycles. The predicted octanol–water partition coefficient (Wildman–Crippen LogP) is 1.72. The number of amides is 2. The lowest BCUT2D eigenvalue weighted by molar-refractivity contribution is -0.141. The monoisotopic (exact) mass is 284 g/mol. The van der Waals surface area contributed by atoms with Gasteiger partial charge in [-0.1, -0.05) is 0 Å². The van der Waals surface area contributed by atoms with Crippen LogP contribution in [0.1, 0.15) is 18.4 Å². The van der Waals surface area contributed by atoms with Gasteiger partial charge in [0.25, 0.3) is 0 Å². The molecular weight excluding hydrogens is 270 g/mol. The van der Waals surface area contributed by atoms with E-state index in [0.717, 1.165) is 18.2 Å². The first-order valence-electron chi connectivity index (χ1n) is 6.20. The third-order valence-corrected chi connectivity index (χ3v) is 3.24. The standard InChI is InChI=1S/C13H14F2N2O3/c14-9-3-4-10(15)8(6-9)7-16-13(20)17-5-1-2-11(17)12(18)19/h3-4,6,11H,1-2,5,7H2,(H,16,20)(H,18,19)/t11-/m1/s1. The van der Waals surface area contributed by atoms with Crippen molar-refractivity contribution in [1.29, 1.82) is 0 Å². The van der Waals surface area contributed by atoms with Crippen molar-refractivity contribution in [2.45, 2.75) is 25.4 Å². The molecule has 0 saturated carbocycles. The summed E-state index contributed by atoms with van der Waals surface area (Å²) in [6.07, 6.45) is 1.01. The number of carboxylic acid groups (broad SMARTS) is 1. The number of carbonyl (C=O) groups is 2. The second-order valence-corrected chi connectivity index (χ2v) is 4.58. The molecule has 1 aromatic carbocycles. The van der Waals surface area contributed by atoms with E-state index in [4.69, 9.17) is 5.11 Å². The molecule has 5 nitrogen and oxygen atoms in total. The minimum absolute atomic E-state index is 0.0180. The van der Waals surface area contributed by atoms with Crippen molar-refractivity contribution in [1.82, 2.24) is 10.2 Å². The molecule has 0 bridgehead atoms. The van der Waals surface area contributed by atoms with Crippen molar-refractivity contribution < 1.29 is 23.5 Å². The topological polar surface area (TPSA) is 69.6 Å². The molecule has 1 aliphatic rings. The Morgan fingerprint density at radius 2 is 2.15 bits per heavy atom. The quantitative estimate of drug-likeness (QED) is 0.888. The number of urea groups is 1. The molecule has 1 atom stereocenters. The first-order valence-corrected chi connectivity index (χ1v) is 6.20. The lowest BCUT2D eigenvalue weighted by atomic mass is 10.2. The molecule has 1 heterocycles. The number of benzene rings is 1. The van der Waals surface area contributed by atoms with Crippen LogP contribution < -0.4 is 5.32 Å². The van der Waals surface area contributed by atoms with Crippen LogP contribution in [0.3, 0.4) is 0 Å². The van der Waals surface area contributed by atoms with Gasteiger partial charge >= 0.3 is 12.0 Å². The van der Waals surface area contributed by atoms with Gasteiger partial charge in [0, 0.05) is 18.7 Å². The van der Waals surface area contributed by atoms with E-state index in [1.54, 1.807) is 0 Å². The number of nitrogens with zero attached hydrogens (tertiary/aromatic N) is 1. The van der Waals surface area contributed by atoms with E-state index in [1.807, 2.05) is 0 Å². The third kappa shape index (κ3) is 3.04. The minimum Gasteiger partial charge on any atom is -0.480 e. The summed E-state index contributed by atoms with van der Waals surface area (Å²) in [7, 11) is 0. The first-order chi connectivity index (χ1) is 9.49. The summed E-state index contributed by atoms with van der Waals surface area (Å²) in [6.45, 7) is 0.152. The molecule has 20 heavy (non-hydrogen) atoms. The Hall–Kier alpha value is -2.18. The molecule has 0 unspecified atom stereocenters. The van der Waals surface area contributed by atoms with Crippen molar-refractivity contribution in [3.05, 3.63) is 35.4 Å². The third-order valence-electron chi connectivity index (χ3n) is 3.24. The highest BCUT2D eigenvalue weighted by Crippen LogP contribution is 2.17. The lowest BCUT2D eigenvalue weighted by Crippen LogP contribution is -2.45. The van der Waals surface area contributed by atoms with Crippen molar-refractivity contribution in [3.8, 4) is 0 Å². The van der Waals surface area contributed by atoms with Gasteiger partial charge in [0.1, 0.15) is 17.7 Å². The molecule has 2 rings (SSSR count). The minimum atomic E-state index is -1.06. The van der Waals surface area contributed by atoms with Crippen LogP contribution in [0.4, 0.5) is 13.6 Å². The molecule has 1 aliphatic heterocycles. The predicted molar refractivity (Wildman–Crippen MR) is 66.0 cm³/mol. The van der Waals surface area contributed by atoms with Crippen molar-refractivity contribution in [2.24, 2.45) is 0 Å². The summed E-state index contributed by atoms with van der Waals surface area (Å²) in [4.78, 5) is 24.0. The van der Waals surface area contributed by atoms with Crippen molar-refractivity contribution >= 4 is 12.0 Å². The Balaban J connectivity index is 1.98. The number of hydrogen-bond acceptors (Lipinski definition) is 2. The first kappa shape index (κ1) is 14.2. The number of carbonyl (C=O) groups excluding carboxylic acids is 1. The lowest BCUT2D eigenvalue weighted by Gasteiger charge is -2.21. The molecule has 108 valence electrons. The summed E-state index contributed by atoms with van der Waals surface area (Å²) in [6, 6.07) is 1.52. The van der Waals surface area contributed by atoms with Gasteiger partial charge in [-0.2, -0.15) is 0 Å². The fraction of sp³-hybridized carbons (Fsp3) is 0.385. The molecular formula is C13H14F2N2O3. The van der Waals surface area contributed by atoms with Crippen LogP contribution in [-0.4, -0.2) is 34.6 Å². The zero-order chi connectivity index (χ0) is 14.7. The zero-order valence-electron chi connectivity index (χ0n) is 10.6. The van der Waals surface area contributed by atoms with E-state index in [1.165, 1.54) is 4.90 Å². The second-order valence-electron chi connectivity index (χ2n) is 4.58. The van der Waals surface area contributed by atoms with E-state index < -0.39 is 29.7 Å². The normalized spacial score (nSPS) is 18.1. The van der Waals surface area contributed by atoms with Crippen LogP contribution in [0, 0.1) is 11.6 Å². The molecule has 1 aromatic rings. The average molecular weight is 284 g/mol. The Kier molecular flexibility index (Phi) is 4.16. The fourth-order valence-electron chi connectivity index (χ4n) is 2.22.